The van der Waals surface area contributed by atoms with E-state index in [1.54, 1.807) is 24.3 Å². The number of esters is 1. The van der Waals surface area contributed by atoms with Gasteiger partial charge in [-0.05, 0) is 75.1 Å². The molecule has 6 heteroatoms. The third-order valence-electron chi connectivity index (χ3n) is 4.83. The number of benzene rings is 2. The van der Waals surface area contributed by atoms with Gasteiger partial charge in [0.2, 0.25) is 0 Å². The first-order valence-electron chi connectivity index (χ1n) is 10.0. The molecule has 0 aliphatic heterocycles. The van der Waals surface area contributed by atoms with E-state index in [9.17, 15) is 14.4 Å². The van der Waals surface area contributed by atoms with Gasteiger partial charge in [0.15, 0.2) is 12.4 Å². The molecule has 0 radical (unpaired) electrons. The molecule has 0 saturated carbocycles. The van der Waals surface area contributed by atoms with E-state index in [0.29, 0.717) is 24.3 Å². The highest BCUT2D eigenvalue weighted by molar-refractivity contribution is 5.94. The van der Waals surface area contributed by atoms with E-state index in [2.05, 4.69) is 5.32 Å². The summed E-state index contributed by atoms with van der Waals surface area (Å²) in [4.78, 5) is 35.1. The van der Waals surface area contributed by atoms with Crippen LogP contribution in [0.15, 0.2) is 42.5 Å². The van der Waals surface area contributed by atoms with Crippen LogP contribution in [0.3, 0.4) is 0 Å². The number of hydrogen-bond donors (Lipinski definition) is 1. The van der Waals surface area contributed by atoms with Gasteiger partial charge in [0.05, 0.1) is 12.6 Å². The fourth-order valence-electron chi connectivity index (χ4n) is 2.81. The fraction of sp³-hybridized carbons (Fsp3) is 0.375. The van der Waals surface area contributed by atoms with E-state index in [1.165, 1.54) is 12.5 Å². The van der Waals surface area contributed by atoms with Crippen molar-refractivity contribution >= 4 is 17.7 Å². The molecule has 0 aliphatic rings. The van der Waals surface area contributed by atoms with Crippen molar-refractivity contribution in [1.82, 2.24) is 5.32 Å². The van der Waals surface area contributed by atoms with Crippen molar-refractivity contribution < 1.29 is 23.9 Å². The Labute approximate surface area is 177 Å². The van der Waals surface area contributed by atoms with Crippen LogP contribution in [0.5, 0.6) is 5.75 Å². The Morgan fingerprint density at radius 1 is 1.00 bits per heavy atom. The number of Topliss-reactive ketones (excluding diaryl/α,β-unsaturated/α-hetero) is 1. The molecule has 0 aromatic heterocycles. The zero-order chi connectivity index (χ0) is 22.1. The van der Waals surface area contributed by atoms with E-state index in [0.717, 1.165) is 11.1 Å². The van der Waals surface area contributed by atoms with Crippen molar-refractivity contribution in [1.29, 1.82) is 0 Å². The molecular formula is C24H29NO5. The number of ketones is 1. The summed E-state index contributed by atoms with van der Waals surface area (Å²) in [5.41, 5.74) is 3.99. The number of aryl methyl sites for hydroxylation is 2. The first kappa shape index (κ1) is 23.1. The number of carbonyl (C=O) groups excluding carboxylic acids is 3. The first-order valence-corrected chi connectivity index (χ1v) is 10.0. The molecule has 2 rings (SSSR count). The molecule has 0 unspecified atom stereocenters. The van der Waals surface area contributed by atoms with Crippen LogP contribution in [-0.4, -0.2) is 30.9 Å². The highest BCUT2D eigenvalue weighted by Gasteiger charge is 2.12. The Balaban J connectivity index is 1.64. The second-order valence-electron chi connectivity index (χ2n) is 7.33. The van der Waals surface area contributed by atoms with E-state index < -0.39 is 5.97 Å². The average Bonchev–Trinajstić information content (AvgIpc) is 2.72. The van der Waals surface area contributed by atoms with E-state index in [-0.39, 0.29) is 30.8 Å². The second-order valence-corrected chi connectivity index (χ2v) is 7.33. The summed E-state index contributed by atoms with van der Waals surface area (Å²) >= 11 is 0. The molecule has 0 bridgehead atoms. The number of nitrogens with one attached hydrogen (secondary N) is 1. The van der Waals surface area contributed by atoms with Gasteiger partial charge < -0.3 is 14.8 Å². The Hall–Kier alpha value is -3.15. The standard InChI is InChI=1S/C24H29NO5/c1-16-7-8-21(14-17(16)2)18(3)25-23(27)15-30-24(28)6-5-13-29-22-11-9-20(10-12-22)19(4)26/h7-12,14,18H,5-6,13,15H2,1-4H3,(H,25,27)/t18-/m0/s1. The van der Waals surface area contributed by atoms with Gasteiger partial charge in [0.1, 0.15) is 5.75 Å². The number of ether oxygens (including phenoxy) is 2. The van der Waals surface area contributed by atoms with Crippen LogP contribution in [0, 0.1) is 13.8 Å². The molecule has 160 valence electrons. The lowest BCUT2D eigenvalue weighted by Gasteiger charge is -2.15. The first-order chi connectivity index (χ1) is 14.3. The van der Waals surface area contributed by atoms with Crippen molar-refractivity contribution in [3.05, 3.63) is 64.7 Å². The normalized spacial score (nSPS) is 11.5. The van der Waals surface area contributed by atoms with Gasteiger partial charge in [-0.25, -0.2) is 0 Å². The molecule has 30 heavy (non-hydrogen) atoms. The largest absolute Gasteiger partial charge is 0.494 e. The third kappa shape index (κ3) is 7.35. The molecule has 2 aromatic carbocycles. The predicted octanol–water partition coefficient (Wildman–Crippen LogP) is 4.09. The summed E-state index contributed by atoms with van der Waals surface area (Å²) in [6.07, 6.45) is 0.624. The van der Waals surface area contributed by atoms with Crippen LogP contribution in [0.4, 0.5) is 0 Å². The van der Waals surface area contributed by atoms with E-state index >= 15 is 0 Å². The van der Waals surface area contributed by atoms with Gasteiger partial charge >= 0.3 is 5.97 Å². The van der Waals surface area contributed by atoms with Gasteiger partial charge in [-0.3, -0.25) is 14.4 Å². The molecule has 1 atom stereocenters. The molecule has 0 aliphatic carbocycles. The Kier molecular flexibility index (Phi) is 8.59. The summed E-state index contributed by atoms with van der Waals surface area (Å²) in [6, 6.07) is 12.7. The molecule has 2 aromatic rings. The van der Waals surface area contributed by atoms with Crippen LogP contribution in [0.1, 0.15) is 59.8 Å². The molecule has 1 amide bonds. The Bertz CT molecular complexity index is 889. The molecule has 1 N–H and O–H groups in total. The summed E-state index contributed by atoms with van der Waals surface area (Å²) in [6.45, 7) is 7.50. The number of amides is 1. The molecule has 0 fully saturated rings. The van der Waals surface area contributed by atoms with Crippen LogP contribution in [-0.2, 0) is 14.3 Å². The minimum Gasteiger partial charge on any atom is -0.494 e. The van der Waals surface area contributed by atoms with E-state index in [1.807, 2.05) is 39.0 Å². The monoisotopic (exact) mass is 411 g/mol. The maximum atomic E-state index is 12.0. The van der Waals surface area contributed by atoms with Crippen molar-refractivity contribution in [2.45, 2.75) is 46.6 Å². The number of hydrogen-bond acceptors (Lipinski definition) is 5. The number of carbonyl (C=O) groups is 3. The zero-order valence-corrected chi connectivity index (χ0v) is 18.0. The van der Waals surface area contributed by atoms with Crippen molar-refractivity contribution in [3.8, 4) is 5.75 Å². The van der Waals surface area contributed by atoms with Crippen LogP contribution < -0.4 is 10.1 Å². The van der Waals surface area contributed by atoms with Gasteiger partial charge in [-0.15, -0.1) is 0 Å². The summed E-state index contributed by atoms with van der Waals surface area (Å²) in [5.74, 6) is -0.153. The highest BCUT2D eigenvalue weighted by Crippen LogP contribution is 2.17. The zero-order valence-electron chi connectivity index (χ0n) is 18.0. The lowest BCUT2D eigenvalue weighted by molar-refractivity contribution is -0.148. The van der Waals surface area contributed by atoms with Crippen LogP contribution in [0.2, 0.25) is 0 Å². The van der Waals surface area contributed by atoms with Crippen molar-refractivity contribution in [3.63, 3.8) is 0 Å². The highest BCUT2D eigenvalue weighted by atomic mass is 16.5. The smallest absolute Gasteiger partial charge is 0.306 e. The minimum absolute atomic E-state index is 0.00305. The molecule has 0 saturated heterocycles. The van der Waals surface area contributed by atoms with Crippen molar-refractivity contribution in [2.24, 2.45) is 0 Å². The topological polar surface area (TPSA) is 81.7 Å². The summed E-state index contributed by atoms with van der Waals surface area (Å²) < 4.78 is 10.6. The van der Waals surface area contributed by atoms with Gasteiger partial charge in [0, 0.05) is 12.0 Å². The SMILES string of the molecule is CC(=O)c1ccc(OCCCC(=O)OCC(=O)N[C@@H](C)c2ccc(C)c(C)c2)cc1. The maximum absolute atomic E-state index is 12.0. The fourth-order valence-corrected chi connectivity index (χ4v) is 2.81. The van der Waals surface area contributed by atoms with E-state index in [4.69, 9.17) is 9.47 Å². The molecular weight excluding hydrogens is 382 g/mol. The third-order valence-corrected chi connectivity index (χ3v) is 4.83. The molecule has 6 nitrogen and oxygen atoms in total. The average molecular weight is 411 g/mol. The second kappa shape index (κ2) is 11.1. The van der Waals surface area contributed by atoms with Crippen LogP contribution in [0.25, 0.3) is 0 Å². The van der Waals surface area contributed by atoms with Gasteiger partial charge in [-0.2, -0.15) is 0 Å². The predicted molar refractivity (Wildman–Crippen MR) is 115 cm³/mol. The van der Waals surface area contributed by atoms with Crippen molar-refractivity contribution in [2.75, 3.05) is 13.2 Å². The molecule has 0 heterocycles. The van der Waals surface area contributed by atoms with Crippen LogP contribution >= 0.6 is 0 Å². The number of rotatable bonds is 10. The summed E-state index contributed by atoms with van der Waals surface area (Å²) in [7, 11) is 0. The Morgan fingerprint density at radius 3 is 2.33 bits per heavy atom. The lowest BCUT2D eigenvalue weighted by Crippen LogP contribution is -2.31. The van der Waals surface area contributed by atoms with Gasteiger partial charge in [0.25, 0.3) is 5.91 Å². The quantitative estimate of drug-likeness (QED) is 0.362. The summed E-state index contributed by atoms with van der Waals surface area (Å²) in [5, 5.41) is 2.83. The molecule has 0 spiro atoms. The minimum atomic E-state index is -0.445. The maximum Gasteiger partial charge on any atom is 0.306 e. The lowest BCUT2D eigenvalue weighted by atomic mass is 10.0. The van der Waals surface area contributed by atoms with Gasteiger partial charge in [-0.1, -0.05) is 18.2 Å². The Morgan fingerprint density at radius 2 is 1.70 bits per heavy atom.